The largest absolute Gasteiger partial charge is 0.388 e. The molecule has 4 N–H and O–H groups in total. The maximum atomic E-state index is 13.6. The number of carbonyl (C=O) groups is 1. The second-order valence-corrected chi connectivity index (χ2v) is 5.36. The van der Waals surface area contributed by atoms with Gasteiger partial charge in [0, 0.05) is 11.0 Å². The van der Waals surface area contributed by atoms with E-state index in [0.29, 0.717) is 4.47 Å². The Labute approximate surface area is 113 Å². The van der Waals surface area contributed by atoms with Crippen LogP contribution >= 0.6 is 15.9 Å². The monoisotopic (exact) mass is 318 g/mol. The Morgan fingerprint density at radius 2 is 2.22 bits per heavy atom. The summed E-state index contributed by atoms with van der Waals surface area (Å²) in [6.07, 6.45) is -0.182. The van der Waals surface area contributed by atoms with E-state index in [-0.39, 0.29) is 18.7 Å². The molecule has 0 aromatic heterocycles. The number of hydrogen-bond acceptors (Lipinski definition) is 3. The summed E-state index contributed by atoms with van der Waals surface area (Å²) in [4.78, 5) is 11.6. The highest BCUT2D eigenvalue weighted by Gasteiger charge is 2.23. The lowest BCUT2D eigenvalue weighted by atomic mass is 10.0. The molecule has 0 saturated carbocycles. The maximum absolute atomic E-state index is 13.6. The average Bonchev–Trinajstić information content (AvgIpc) is 2.25. The molecule has 0 aliphatic rings. The number of halogens is 2. The second-order valence-electron chi connectivity index (χ2n) is 4.51. The van der Waals surface area contributed by atoms with Crippen molar-refractivity contribution < 1.29 is 14.3 Å². The van der Waals surface area contributed by atoms with Gasteiger partial charge < -0.3 is 16.2 Å². The first-order valence-corrected chi connectivity index (χ1v) is 6.22. The molecule has 0 spiro atoms. The molecule has 1 aromatic carbocycles. The molecule has 0 saturated heterocycles. The number of nitrogens with one attached hydrogen (secondary N) is 1. The summed E-state index contributed by atoms with van der Waals surface area (Å²) in [7, 11) is 0. The lowest BCUT2D eigenvalue weighted by molar-refractivity contribution is -0.120. The van der Waals surface area contributed by atoms with Gasteiger partial charge >= 0.3 is 0 Å². The highest BCUT2D eigenvalue weighted by atomic mass is 79.9. The molecule has 1 rings (SSSR count). The minimum Gasteiger partial charge on any atom is -0.388 e. The van der Waals surface area contributed by atoms with Crippen molar-refractivity contribution >= 4 is 27.5 Å². The zero-order chi connectivity index (χ0) is 13.9. The van der Waals surface area contributed by atoms with Gasteiger partial charge in [-0.3, -0.25) is 4.79 Å². The van der Waals surface area contributed by atoms with Crippen LogP contribution in [-0.2, 0) is 4.79 Å². The van der Waals surface area contributed by atoms with Gasteiger partial charge in [-0.1, -0.05) is 15.9 Å². The third-order valence-corrected chi connectivity index (χ3v) is 3.36. The number of hydrogen-bond donors (Lipinski definition) is 3. The van der Waals surface area contributed by atoms with Gasteiger partial charge in [0.15, 0.2) is 0 Å². The van der Waals surface area contributed by atoms with Crippen molar-refractivity contribution in [1.29, 1.82) is 0 Å². The molecule has 0 aliphatic heterocycles. The van der Waals surface area contributed by atoms with E-state index >= 15 is 0 Å². The Bertz CT molecular complexity index is 464. The van der Waals surface area contributed by atoms with Gasteiger partial charge in [-0.05, 0) is 31.5 Å². The van der Waals surface area contributed by atoms with Crippen LogP contribution in [0.25, 0.3) is 0 Å². The summed E-state index contributed by atoms with van der Waals surface area (Å²) < 4.78 is 14.2. The molecule has 0 aliphatic carbocycles. The lowest BCUT2D eigenvalue weighted by Gasteiger charge is -2.20. The molecule has 0 fully saturated rings. The van der Waals surface area contributed by atoms with E-state index in [0.717, 1.165) is 5.56 Å². The van der Waals surface area contributed by atoms with Crippen LogP contribution in [0.3, 0.4) is 0 Å². The minimum atomic E-state index is -1.29. The number of rotatable bonds is 4. The molecule has 1 aromatic rings. The lowest BCUT2D eigenvalue weighted by Crippen LogP contribution is -2.38. The third kappa shape index (κ3) is 4.04. The Morgan fingerprint density at radius 1 is 1.61 bits per heavy atom. The first-order valence-electron chi connectivity index (χ1n) is 5.43. The van der Waals surface area contributed by atoms with Crippen molar-refractivity contribution in [2.24, 2.45) is 5.73 Å². The number of benzene rings is 1. The van der Waals surface area contributed by atoms with Gasteiger partial charge in [0.2, 0.25) is 5.91 Å². The van der Waals surface area contributed by atoms with Gasteiger partial charge in [-0.15, -0.1) is 0 Å². The molecule has 4 nitrogen and oxygen atoms in total. The number of aryl methyl sites for hydroxylation is 1. The summed E-state index contributed by atoms with van der Waals surface area (Å²) >= 11 is 3.20. The number of carbonyl (C=O) groups excluding carboxylic acids is 1. The Morgan fingerprint density at radius 3 is 2.78 bits per heavy atom. The number of aliphatic hydroxyl groups is 1. The van der Waals surface area contributed by atoms with Crippen LogP contribution in [0.15, 0.2) is 16.6 Å². The average molecular weight is 319 g/mol. The number of amides is 1. The molecular weight excluding hydrogens is 303 g/mol. The Hall–Kier alpha value is -0.980. The van der Waals surface area contributed by atoms with Crippen molar-refractivity contribution in [3.8, 4) is 0 Å². The van der Waals surface area contributed by atoms with Gasteiger partial charge in [0.1, 0.15) is 5.82 Å². The van der Waals surface area contributed by atoms with Crippen LogP contribution in [0.5, 0.6) is 0 Å². The molecule has 0 heterocycles. The predicted octanol–water partition coefficient (Wildman–Crippen LogP) is 1.93. The zero-order valence-electron chi connectivity index (χ0n) is 10.3. The van der Waals surface area contributed by atoms with Gasteiger partial charge in [0.25, 0.3) is 0 Å². The molecule has 18 heavy (non-hydrogen) atoms. The molecule has 1 amide bonds. The van der Waals surface area contributed by atoms with Crippen molar-refractivity contribution in [2.75, 3.05) is 11.9 Å². The van der Waals surface area contributed by atoms with Gasteiger partial charge in [-0.2, -0.15) is 0 Å². The first-order chi connectivity index (χ1) is 8.25. The first kappa shape index (κ1) is 15.1. The van der Waals surface area contributed by atoms with Crippen LogP contribution in [0.1, 0.15) is 18.9 Å². The van der Waals surface area contributed by atoms with E-state index in [1.165, 1.54) is 19.1 Å². The van der Waals surface area contributed by atoms with Crippen LogP contribution in [0.4, 0.5) is 10.1 Å². The summed E-state index contributed by atoms with van der Waals surface area (Å²) in [6.45, 7) is 3.20. The summed E-state index contributed by atoms with van der Waals surface area (Å²) in [5.41, 5.74) is 4.92. The second kappa shape index (κ2) is 5.77. The summed E-state index contributed by atoms with van der Waals surface area (Å²) in [5, 5.41) is 12.1. The van der Waals surface area contributed by atoms with E-state index in [9.17, 15) is 14.3 Å². The molecule has 1 atom stereocenters. The van der Waals surface area contributed by atoms with Gasteiger partial charge in [0.05, 0.1) is 17.7 Å². The predicted molar refractivity (Wildman–Crippen MR) is 71.8 cm³/mol. The fourth-order valence-electron chi connectivity index (χ4n) is 1.37. The SMILES string of the molecule is Cc1cc(NC(=O)CC(C)(O)CN)c(F)cc1Br. The van der Waals surface area contributed by atoms with Crippen LogP contribution in [0.2, 0.25) is 0 Å². The number of anilines is 1. The molecule has 0 radical (unpaired) electrons. The van der Waals surface area contributed by atoms with Crippen molar-refractivity contribution in [3.63, 3.8) is 0 Å². The molecule has 0 bridgehead atoms. The minimum absolute atomic E-state index is 0.0394. The van der Waals surface area contributed by atoms with Crippen molar-refractivity contribution in [3.05, 3.63) is 28.0 Å². The Kier molecular flexibility index (Phi) is 4.84. The molecule has 1 unspecified atom stereocenters. The topological polar surface area (TPSA) is 75.3 Å². The summed E-state index contributed by atoms with van der Waals surface area (Å²) in [5.74, 6) is -1.01. The molecule has 6 heteroatoms. The van der Waals surface area contributed by atoms with Crippen molar-refractivity contribution in [1.82, 2.24) is 0 Å². The van der Waals surface area contributed by atoms with E-state index in [4.69, 9.17) is 5.73 Å². The molecule has 100 valence electrons. The quantitative estimate of drug-likeness (QED) is 0.794. The third-order valence-electron chi connectivity index (χ3n) is 2.50. The van der Waals surface area contributed by atoms with E-state index in [1.54, 1.807) is 6.92 Å². The van der Waals surface area contributed by atoms with Crippen LogP contribution < -0.4 is 11.1 Å². The fraction of sp³-hybridized carbons (Fsp3) is 0.417. The van der Waals surface area contributed by atoms with E-state index in [1.807, 2.05) is 0 Å². The van der Waals surface area contributed by atoms with Crippen LogP contribution in [0, 0.1) is 12.7 Å². The van der Waals surface area contributed by atoms with Crippen molar-refractivity contribution in [2.45, 2.75) is 25.9 Å². The zero-order valence-corrected chi connectivity index (χ0v) is 11.8. The van der Waals surface area contributed by atoms with Gasteiger partial charge in [-0.25, -0.2) is 4.39 Å². The van der Waals surface area contributed by atoms with E-state index < -0.39 is 17.3 Å². The fourth-order valence-corrected chi connectivity index (χ4v) is 1.68. The maximum Gasteiger partial charge on any atom is 0.227 e. The summed E-state index contributed by atoms with van der Waals surface area (Å²) in [6, 6.07) is 2.81. The normalized spacial score (nSPS) is 14.1. The standard InChI is InChI=1S/C12H16BrFN2O2/c1-7-3-10(9(14)4-8(7)13)16-11(17)5-12(2,18)6-15/h3-4,18H,5-6,15H2,1-2H3,(H,16,17). The number of nitrogens with two attached hydrogens (primary N) is 1. The highest BCUT2D eigenvalue weighted by Crippen LogP contribution is 2.24. The Balaban J connectivity index is 2.80. The highest BCUT2D eigenvalue weighted by molar-refractivity contribution is 9.10. The smallest absolute Gasteiger partial charge is 0.227 e. The van der Waals surface area contributed by atoms with E-state index in [2.05, 4.69) is 21.2 Å². The van der Waals surface area contributed by atoms with Crippen LogP contribution in [-0.4, -0.2) is 23.2 Å². The molecular formula is C12H16BrFN2O2.